The molecule has 4 nitrogen and oxygen atoms in total. The Hall–Kier alpha value is -0.910. The Labute approximate surface area is 115 Å². The Kier molecular flexibility index (Phi) is 3.99. The van der Waals surface area contributed by atoms with E-state index >= 15 is 0 Å². The van der Waals surface area contributed by atoms with Crippen molar-refractivity contribution in [2.24, 2.45) is 5.73 Å². The number of nitrogens with two attached hydrogens (primary N) is 1. The fraction of sp³-hybridized carbons (Fsp3) is 0.571. The maximum absolute atomic E-state index is 12.5. The van der Waals surface area contributed by atoms with E-state index in [9.17, 15) is 8.42 Å². The highest BCUT2D eigenvalue weighted by Crippen LogP contribution is 2.31. The molecule has 106 valence electrons. The Morgan fingerprint density at radius 2 is 1.95 bits per heavy atom. The summed E-state index contributed by atoms with van der Waals surface area (Å²) in [5.74, 6) is 0. The van der Waals surface area contributed by atoms with E-state index < -0.39 is 10.0 Å². The molecule has 3 N–H and O–H groups in total. The Bertz CT molecular complexity index is 561. The van der Waals surface area contributed by atoms with Gasteiger partial charge < -0.3 is 5.73 Å². The summed E-state index contributed by atoms with van der Waals surface area (Å²) in [6.07, 6.45) is 3.98. The monoisotopic (exact) mass is 282 g/mol. The molecule has 2 rings (SSSR count). The molecule has 1 aromatic rings. The van der Waals surface area contributed by atoms with Gasteiger partial charge in [-0.05, 0) is 43.9 Å². The van der Waals surface area contributed by atoms with Crippen LogP contribution < -0.4 is 10.5 Å². The van der Waals surface area contributed by atoms with E-state index in [1.165, 1.54) is 0 Å². The van der Waals surface area contributed by atoms with Crippen LogP contribution in [0.15, 0.2) is 23.1 Å². The lowest BCUT2D eigenvalue weighted by atomic mass is 10.0. The number of benzene rings is 1. The van der Waals surface area contributed by atoms with Crippen molar-refractivity contribution in [1.82, 2.24) is 4.72 Å². The van der Waals surface area contributed by atoms with E-state index in [0.29, 0.717) is 11.4 Å². The van der Waals surface area contributed by atoms with Gasteiger partial charge in [0.15, 0.2) is 0 Å². The van der Waals surface area contributed by atoms with Gasteiger partial charge in [0, 0.05) is 12.1 Å². The second kappa shape index (κ2) is 5.23. The van der Waals surface area contributed by atoms with Gasteiger partial charge in [-0.15, -0.1) is 0 Å². The van der Waals surface area contributed by atoms with Crippen LogP contribution in [0.1, 0.15) is 43.7 Å². The molecule has 19 heavy (non-hydrogen) atoms. The largest absolute Gasteiger partial charge is 0.326 e. The third kappa shape index (κ3) is 2.99. The fourth-order valence-corrected chi connectivity index (χ4v) is 4.56. The summed E-state index contributed by atoms with van der Waals surface area (Å²) < 4.78 is 27.9. The van der Waals surface area contributed by atoms with Gasteiger partial charge in [0.2, 0.25) is 10.0 Å². The fourth-order valence-electron chi connectivity index (χ4n) is 2.81. The average molecular weight is 282 g/mol. The average Bonchev–Trinajstić information content (AvgIpc) is 2.74. The maximum atomic E-state index is 12.5. The first-order chi connectivity index (χ1) is 8.88. The SMILES string of the molecule is Cc1c(CN)cccc1S(=O)(=O)NC1(C)CCCC1. The summed E-state index contributed by atoms with van der Waals surface area (Å²) in [7, 11) is -3.47. The van der Waals surface area contributed by atoms with Crippen LogP contribution in [0.25, 0.3) is 0 Å². The van der Waals surface area contributed by atoms with Crippen molar-refractivity contribution in [3.8, 4) is 0 Å². The molecule has 0 aliphatic heterocycles. The molecule has 0 heterocycles. The molecule has 0 spiro atoms. The first kappa shape index (κ1) is 14.5. The molecule has 0 amide bonds. The van der Waals surface area contributed by atoms with Gasteiger partial charge in [-0.1, -0.05) is 25.0 Å². The summed E-state index contributed by atoms with van der Waals surface area (Å²) in [6.45, 7) is 4.15. The zero-order valence-electron chi connectivity index (χ0n) is 11.6. The van der Waals surface area contributed by atoms with Crippen molar-refractivity contribution in [1.29, 1.82) is 0 Å². The first-order valence-electron chi connectivity index (χ1n) is 6.70. The normalized spacial score (nSPS) is 18.7. The molecule has 0 aromatic heterocycles. The highest BCUT2D eigenvalue weighted by Gasteiger charge is 2.34. The lowest BCUT2D eigenvalue weighted by Gasteiger charge is -2.25. The van der Waals surface area contributed by atoms with Crippen molar-refractivity contribution in [3.05, 3.63) is 29.3 Å². The van der Waals surface area contributed by atoms with E-state index in [1.807, 2.05) is 19.9 Å². The molecular formula is C14H22N2O2S. The second-order valence-corrected chi connectivity index (χ2v) is 7.27. The zero-order chi connectivity index (χ0) is 14.1. The molecule has 0 unspecified atom stereocenters. The van der Waals surface area contributed by atoms with Crippen LogP contribution in [-0.2, 0) is 16.6 Å². The molecule has 0 saturated heterocycles. The van der Waals surface area contributed by atoms with E-state index in [0.717, 1.165) is 36.8 Å². The molecule has 1 aliphatic carbocycles. The first-order valence-corrected chi connectivity index (χ1v) is 8.19. The lowest BCUT2D eigenvalue weighted by Crippen LogP contribution is -2.43. The number of sulfonamides is 1. The summed E-state index contributed by atoms with van der Waals surface area (Å²) in [5, 5.41) is 0. The Morgan fingerprint density at radius 3 is 2.53 bits per heavy atom. The quantitative estimate of drug-likeness (QED) is 0.888. The van der Waals surface area contributed by atoms with E-state index in [1.54, 1.807) is 12.1 Å². The predicted octanol–water partition coefficient (Wildman–Crippen LogP) is 2.06. The highest BCUT2D eigenvalue weighted by atomic mass is 32.2. The van der Waals surface area contributed by atoms with Crippen LogP contribution in [0.2, 0.25) is 0 Å². The van der Waals surface area contributed by atoms with E-state index in [4.69, 9.17) is 5.73 Å². The number of nitrogens with one attached hydrogen (secondary N) is 1. The van der Waals surface area contributed by atoms with Gasteiger partial charge in [-0.25, -0.2) is 13.1 Å². The van der Waals surface area contributed by atoms with Crippen LogP contribution in [0.5, 0.6) is 0 Å². The highest BCUT2D eigenvalue weighted by molar-refractivity contribution is 7.89. The third-order valence-electron chi connectivity index (χ3n) is 3.99. The van der Waals surface area contributed by atoms with Gasteiger partial charge in [0.1, 0.15) is 0 Å². The number of hydrogen-bond donors (Lipinski definition) is 2. The van der Waals surface area contributed by atoms with Crippen molar-refractivity contribution in [2.45, 2.75) is 56.5 Å². The second-order valence-electron chi connectivity index (χ2n) is 5.62. The minimum Gasteiger partial charge on any atom is -0.326 e. The van der Waals surface area contributed by atoms with Crippen molar-refractivity contribution in [2.75, 3.05) is 0 Å². The van der Waals surface area contributed by atoms with Crippen LogP contribution in [0, 0.1) is 6.92 Å². The minimum absolute atomic E-state index is 0.302. The third-order valence-corrected chi connectivity index (χ3v) is 5.78. The molecule has 0 bridgehead atoms. The van der Waals surface area contributed by atoms with Gasteiger partial charge in [-0.2, -0.15) is 0 Å². The smallest absolute Gasteiger partial charge is 0.241 e. The molecule has 5 heteroatoms. The molecular weight excluding hydrogens is 260 g/mol. The predicted molar refractivity (Wildman–Crippen MR) is 76.3 cm³/mol. The van der Waals surface area contributed by atoms with Crippen molar-refractivity contribution < 1.29 is 8.42 Å². The molecule has 1 fully saturated rings. The molecule has 0 radical (unpaired) electrons. The van der Waals surface area contributed by atoms with Crippen molar-refractivity contribution >= 4 is 10.0 Å². The standard InChI is InChI=1S/C14H22N2O2S/c1-11-12(10-15)6-5-7-13(11)19(17,18)16-14(2)8-3-4-9-14/h5-7,16H,3-4,8-10,15H2,1-2H3. The number of rotatable bonds is 4. The van der Waals surface area contributed by atoms with Crippen LogP contribution in [-0.4, -0.2) is 14.0 Å². The summed E-state index contributed by atoms with van der Waals surface area (Å²) in [6, 6.07) is 5.27. The van der Waals surface area contributed by atoms with Gasteiger partial charge >= 0.3 is 0 Å². The summed E-state index contributed by atoms with van der Waals surface area (Å²) >= 11 is 0. The van der Waals surface area contributed by atoms with E-state index in [-0.39, 0.29) is 5.54 Å². The summed E-state index contributed by atoms with van der Waals surface area (Å²) in [5.41, 5.74) is 6.96. The van der Waals surface area contributed by atoms with Gasteiger partial charge in [-0.3, -0.25) is 0 Å². The Balaban J connectivity index is 2.34. The van der Waals surface area contributed by atoms with Gasteiger partial charge in [0.05, 0.1) is 4.90 Å². The summed E-state index contributed by atoms with van der Waals surface area (Å²) in [4.78, 5) is 0.351. The topological polar surface area (TPSA) is 72.2 Å². The molecule has 1 saturated carbocycles. The van der Waals surface area contributed by atoms with Crippen LogP contribution in [0.3, 0.4) is 0 Å². The van der Waals surface area contributed by atoms with Crippen molar-refractivity contribution in [3.63, 3.8) is 0 Å². The zero-order valence-corrected chi connectivity index (χ0v) is 12.4. The maximum Gasteiger partial charge on any atom is 0.241 e. The lowest BCUT2D eigenvalue weighted by molar-refractivity contribution is 0.427. The number of hydrogen-bond acceptors (Lipinski definition) is 3. The van der Waals surface area contributed by atoms with Crippen LogP contribution >= 0.6 is 0 Å². The van der Waals surface area contributed by atoms with Gasteiger partial charge in [0.25, 0.3) is 0 Å². The molecule has 0 atom stereocenters. The Morgan fingerprint density at radius 1 is 1.32 bits per heavy atom. The van der Waals surface area contributed by atoms with E-state index in [2.05, 4.69) is 4.72 Å². The minimum atomic E-state index is -3.47. The molecule has 1 aromatic carbocycles. The van der Waals surface area contributed by atoms with Crippen LogP contribution in [0.4, 0.5) is 0 Å². The molecule has 1 aliphatic rings.